The van der Waals surface area contributed by atoms with Gasteiger partial charge in [0.05, 0.1) is 0 Å². The van der Waals surface area contributed by atoms with Crippen LogP contribution in [0.4, 0.5) is 0 Å². The summed E-state index contributed by atoms with van der Waals surface area (Å²) in [5.74, 6) is 1.25. The third-order valence-electron chi connectivity index (χ3n) is 7.98. The molecule has 0 bridgehead atoms. The number of rotatable bonds is 23. The van der Waals surface area contributed by atoms with Crippen molar-refractivity contribution in [3.8, 4) is 0 Å². The van der Waals surface area contributed by atoms with Gasteiger partial charge in [-0.15, -0.1) is 0 Å². The van der Waals surface area contributed by atoms with Crippen molar-refractivity contribution in [2.24, 2.45) is 11.8 Å². The molecule has 0 rings (SSSR count). The van der Waals surface area contributed by atoms with Crippen molar-refractivity contribution in [3.63, 3.8) is 0 Å². The molecular weight excluding hydrogens is 496 g/mol. The molecule has 0 aromatic carbocycles. The van der Waals surface area contributed by atoms with Gasteiger partial charge in [0.15, 0.2) is 0 Å². The first-order chi connectivity index (χ1) is 19.5. The molecule has 0 spiro atoms. The lowest BCUT2D eigenvalue weighted by molar-refractivity contribution is 0.259. The van der Waals surface area contributed by atoms with Gasteiger partial charge >= 0.3 is 0 Å². The molecule has 0 saturated carbocycles. The Hall–Kier alpha value is -1.86. The van der Waals surface area contributed by atoms with Gasteiger partial charge in [0.25, 0.3) is 0 Å². The molecule has 1 nitrogen and oxygen atoms in total. The fourth-order valence-electron chi connectivity index (χ4n) is 4.87. The Labute approximate surface area is 257 Å². The molecule has 0 heterocycles. The molecule has 0 aromatic heterocycles. The van der Waals surface area contributed by atoms with Crippen LogP contribution in [0.3, 0.4) is 0 Å². The van der Waals surface area contributed by atoms with Crippen LogP contribution < -0.4 is 0 Å². The molecule has 2 unspecified atom stereocenters. The minimum absolute atomic E-state index is 0.312. The lowest BCUT2D eigenvalue weighted by Gasteiger charge is -2.07. The predicted molar refractivity (Wildman–Crippen MR) is 187 cm³/mol. The first-order valence-corrected chi connectivity index (χ1v) is 16.7. The summed E-state index contributed by atoms with van der Waals surface area (Å²) >= 11 is 0. The van der Waals surface area contributed by atoms with Gasteiger partial charge in [0.2, 0.25) is 0 Å². The van der Waals surface area contributed by atoms with Crippen LogP contribution in [0.25, 0.3) is 0 Å². The summed E-state index contributed by atoms with van der Waals surface area (Å²) < 4.78 is 0. The number of allylic oxidation sites excluding steroid dienone is 14. The van der Waals surface area contributed by atoms with Gasteiger partial charge in [0.1, 0.15) is 0 Å². The van der Waals surface area contributed by atoms with E-state index in [1.54, 1.807) is 0 Å². The second-order valence-electron chi connectivity index (χ2n) is 13.1. The van der Waals surface area contributed by atoms with Crippen LogP contribution in [0.1, 0.15) is 152 Å². The van der Waals surface area contributed by atoms with Gasteiger partial charge in [-0.1, -0.05) is 95.9 Å². The van der Waals surface area contributed by atoms with Gasteiger partial charge in [-0.2, -0.15) is 0 Å². The van der Waals surface area contributed by atoms with Gasteiger partial charge in [0, 0.05) is 6.61 Å². The molecule has 2 atom stereocenters. The van der Waals surface area contributed by atoms with E-state index in [0.29, 0.717) is 18.4 Å². The smallest absolute Gasteiger partial charge is 0.0433 e. The van der Waals surface area contributed by atoms with Crippen molar-refractivity contribution in [1.29, 1.82) is 0 Å². The van der Waals surface area contributed by atoms with Crippen molar-refractivity contribution in [2.45, 2.75) is 152 Å². The first-order valence-electron chi connectivity index (χ1n) is 16.7. The van der Waals surface area contributed by atoms with E-state index in [9.17, 15) is 0 Å². The molecule has 0 aromatic rings. The van der Waals surface area contributed by atoms with E-state index in [1.807, 2.05) is 0 Å². The fourth-order valence-corrected chi connectivity index (χ4v) is 4.87. The summed E-state index contributed by atoms with van der Waals surface area (Å²) in [6.45, 7) is 20.6. The third-order valence-corrected chi connectivity index (χ3v) is 7.98. The summed E-state index contributed by atoms with van der Waals surface area (Å²) in [6, 6.07) is 0. The molecule has 0 radical (unpaired) electrons. The molecule has 0 aliphatic rings. The Morgan fingerprint density at radius 1 is 0.512 bits per heavy atom. The molecule has 0 aliphatic heterocycles. The van der Waals surface area contributed by atoms with E-state index in [1.165, 1.54) is 78.4 Å². The third kappa shape index (κ3) is 26.8. The Morgan fingerprint density at radius 2 is 0.927 bits per heavy atom. The van der Waals surface area contributed by atoms with E-state index in [2.05, 4.69) is 111 Å². The van der Waals surface area contributed by atoms with Crippen LogP contribution in [0.15, 0.2) is 82.0 Å². The molecule has 41 heavy (non-hydrogen) atoms. The second-order valence-corrected chi connectivity index (χ2v) is 13.1. The molecule has 1 heteroatoms. The highest BCUT2D eigenvalue weighted by Crippen LogP contribution is 2.17. The normalized spacial score (nSPS) is 15.5. The Kier molecular flexibility index (Phi) is 24.6. The fraction of sp³-hybridized carbons (Fsp3) is 0.650. The highest BCUT2D eigenvalue weighted by molar-refractivity contribution is 5.09. The van der Waals surface area contributed by atoms with Gasteiger partial charge in [-0.25, -0.2) is 0 Å². The van der Waals surface area contributed by atoms with E-state index in [-0.39, 0.29) is 0 Å². The van der Waals surface area contributed by atoms with Crippen LogP contribution in [0.2, 0.25) is 0 Å². The van der Waals surface area contributed by atoms with Crippen molar-refractivity contribution < 1.29 is 5.11 Å². The monoisotopic (exact) mass is 565 g/mol. The maximum atomic E-state index is 9.02. The maximum absolute atomic E-state index is 9.02. The van der Waals surface area contributed by atoms with Gasteiger partial charge < -0.3 is 5.11 Å². The van der Waals surface area contributed by atoms with Crippen molar-refractivity contribution in [1.82, 2.24) is 0 Å². The highest BCUT2D eigenvalue weighted by Gasteiger charge is 2.00. The van der Waals surface area contributed by atoms with Gasteiger partial charge in [-0.05, 0) is 150 Å². The zero-order valence-electron chi connectivity index (χ0n) is 28.8. The lowest BCUT2D eigenvalue weighted by atomic mass is 10.00. The van der Waals surface area contributed by atoms with Crippen LogP contribution in [-0.4, -0.2) is 11.7 Å². The topological polar surface area (TPSA) is 20.2 Å². The molecule has 234 valence electrons. The lowest BCUT2D eigenvalue weighted by Crippen LogP contribution is -1.97. The maximum Gasteiger partial charge on any atom is 0.0433 e. The number of hydrogen-bond acceptors (Lipinski definition) is 1. The van der Waals surface area contributed by atoms with E-state index in [0.717, 1.165) is 44.9 Å². The van der Waals surface area contributed by atoms with E-state index < -0.39 is 0 Å². The van der Waals surface area contributed by atoms with Crippen LogP contribution in [-0.2, 0) is 0 Å². The number of aliphatic hydroxyl groups excluding tert-OH is 1. The first kappa shape index (κ1) is 39.1. The second kappa shape index (κ2) is 25.8. The average Bonchev–Trinajstić information content (AvgIpc) is 2.88. The zero-order valence-corrected chi connectivity index (χ0v) is 28.8. The minimum atomic E-state index is 0.312. The largest absolute Gasteiger partial charge is 0.396 e. The van der Waals surface area contributed by atoms with Gasteiger partial charge in [-0.3, -0.25) is 0 Å². The van der Waals surface area contributed by atoms with Crippen LogP contribution >= 0.6 is 0 Å². The van der Waals surface area contributed by atoms with Crippen LogP contribution in [0.5, 0.6) is 0 Å². The molecule has 0 fully saturated rings. The van der Waals surface area contributed by atoms with Crippen molar-refractivity contribution in [2.75, 3.05) is 6.61 Å². The number of aliphatic hydroxyl groups is 1. The Balaban J connectivity index is 4.16. The summed E-state index contributed by atoms with van der Waals surface area (Å²) in [6.07, 6.45) is 35.3. The standard InChI is InChI=1S/C40H68O/c1-33(2)17-10-18-34(3)19-11-20-35(4)21-12-22-36(5)23-13-24-37(6)25-14-26-38(7)27-15-28-39(8)29-16-30-40(9)31-32-41/h13,17,19,21,23,25,27,29,36,40-41H,10-12,14-16,18,20,22,24,26,28,30-32H2,1-9H3/b23-13+,34-19+,35-21+,37-25+,38-27+,39-29+. The van der Waals surface area contributed by atoms with E-state index in [4.69, 9.17) is 5.11 Å². The molecule has 1 N–H and O–H groups in total. The quantitative estimate of drug-likeness (QED) is 0.122. The average molecular weight is 565 g/mol. The molecular formula is C40H68O. The summed E-state index contributed by atoms with van der Waals surface area (Å²) in [7, 11) is 0. The summed E-state index contributed by atoms with van der Waals surface area (Å²) in [5.41, 5.74) is 8.97. The SMILES string of the molecule is CC(C)=CCC/C(C)=C/CC/C(C)=C/CCC(C)/C=C/C/C(C)=C/CC/C(C)=C/CC/C(C)=C/CCC(C)CCO. The summed E-state index contributed by atoms with van der Waals surface area (Å²) in [4.78, 5) is 0. The highest BCUT2D eigenvalue weighted by atomic mass is 16.3. The zero-order chi connectivity index (χ0) is 30.9. The minimum Gasteiger partial charge on any atom is -0.396 e. The van der Waals surface area contributed by atoms with E-state index >= 15 is 0 Å². The number of hydrogen-bond donors (Lipinski definition) is 1. The van der Waals surface area contributed by atoms with Crippen LogP contribution in [0, 0.1) is 11.8 Å². The summed E-state index contributed by atoms with van der Waals surface area (Å²) in [5, 5.41) is 9.02. The predicted octanol–water partition coefficient (Wildman–Crippen LogP) is 13.0. The van der Waals surface area contributed by atoms with Crippen molar-refractivity contribution >= 4 is 0 Å². The Morgan fingerprint density at radius 3 is 1.39 bits per heavy atom. The Bertz CT molecular complexity index is 882. The molecule has 0 aliphatic carbocycles. The molecule has 0 saturated heterocycles. The van der Waals surface area contributed by atoms with Crippen molar-refractivity contribution in [3.05, 3.63) is 82.0 Å². The molecule has 0 amide bonds.